The maximum Gasteiger partial charge on any atom is 0.0865 e. The van der Waals surface area contributed by atoms with Gasteiger partial charge in [0.15, 0.2) is 0 Å². The zero-order valence-corrected chi connectivity index (χ0v) is 22.2. The fraction of sp³-hybridized carbons (Fsp3) is 0.394. The molecule has 2 heteroatoms. The van der Waals surface area contributed by atoms with Crippen LogP contribution < -0.4 is 0 Å². The van der Waals surface area contributed by atoms with Crippen LogP contribution in [0, 0.1) is 6.92 Å². The fourth-order valence-corrected chi connectivity index (χ4v) is 4.73. The third kappa shape index (κ3) is 8.31. The molecule has 0 fully saturated rings. The Morgan fingerprint density at radius 2 is 1.46 bits per heavy atom. The molecule has 0 amide bonds. The van der Waals surface area contributed by atoms with Gasteiger partial charge in [-0.2, -0.15) is 10.2 Å². The van der Waals surface area contributed by atoms with Gasteiger partial charge in [0.1, 0.15) is 0 Å². The van der Waals surface area contributed by atoms with Crippen LogP contribution in [0.5, 0.6) is 0 Å². The standard InChI is InChI=1S/C33H42N2/c1-5-8-10-12-16-28-22-27(15-9-6-2)23-29(24-28)19-20-34-35-31-21-26(4)32(7-3)33(25-31)30-17-13-11-14-18-30/h11,13-14,17-25H,5-10,12,15-16H2,1-4H3. The van der Waals surface area contributed by atoms with E-state index >= 15 is 0 Å². The molecule has 0 saturated heterocycles. The molecule has 0 radical (unpaired) electrons. The number of nitrogens with zero attached hydrogens (tertiary/aromatic N) is 2. The Morgan fingerprint density at radius 3 is 2.14 bits per heavy atom. The van der Waals surface area contributed by atoms with Gasteiger partial charge in [-0.1, -0.05) is 95.0 Å². The molecule has 3 aromatic rings. The van der Waals surface area contributed by atoms with Crippen LogP contribution in [0.25, 0.3) is 17.2 Å². The summed E-state index contributed by atoms with van der Waals surface area (Å²) in [4.78, 5) is 0. The number of rotatable bonds is 13. The summed E-state index contributed by atoms with van der Waals surface area (Å²) >= 11 is 0. The molecule has 0 spiro atoms. The highest BCUT2D eigenvalue weighted by Gasteiger charge is 2.08. The molecule has 3 aromatic carbocycles. The Bertz CT molecular complexity index is 1110. The van der Waals surface area contributed by atoms with Crippen molar-refractivity contribution in [1.82, 2.24) is 0 Å². The van der Waals surface area contributed by atoms with Crippen LogP contribution in [0.4, 0.5) is 5.69 Å². The lowest BCUT2D eigenvalue weighted by atomic mass is 9.93. The minimum Gasteiger partial charge on any atom is -0.159 e. The second kappa shape index (κ2) is 14.4. The van der Waals surface area contributed by atoms with Crippen molar-refractivity contribution in [2.75, 3.05) is 0 Å². The number of hydrogen-bond donors (Lipinski definition) is 0. The van der Waals surface area contributed by atoms with Crippen LogP contribution >= 0.6 is 0 Å². The smallest absolute Gasteiger partial charge is 0.0865 e. The number of benzene rings is 3. The molecular weight excluding hydrogens is 424 g/mol. The molecule has 3 rings (SSSR count). The van der Waals surface area contributed by atoms with Gasteiger partial charge in [-0.25, -0.2) is 0 Å². The molecule has 0 unspecified atom stereocenters. The molecule has 35 heavy (non-hydrogen) atoms. The molecule has 184 valence electrons. The molecule has 0 aliphatic carbocycles. The molecule has 0 saturated carbocycles. The van der Waals surface area contributed by atoms with E-state index in [0.717, 1.165) is 24.9 Å². The van der Waals surface area contributed by atoms with E-state index in [1.807, 2.05) is 6.20 Å². The van der Waals surface area contributed by atoms with Gasteiger partial charge in [0.05, 0.1) is 11.9 Å². The topological polar surface area (TPSA) is 24.7 Å². The van der Waals surface area contributed by atoms with Crippen LogP contribution in [0.2, 0.25) is 0 Å². The molecule has 0 heterocycles. The van der Waals surface area contributed by atoms with Crippen LogP contribution in [0.15, 0.2) is 77.1 Å². The summed E-state index contributed by atoms with van der Waals surface area (Å²) in [6.45, 7) is 8.91. The second-order valence-corrected chi connectivity index (χ2v) is 9.54. The third-order valence-corrected chi connectivity index (χ3v) is 6.62. The number of aryl methyl sites for hydroxylation is 3. The average molecular weight is 467 g/mol. The van der Waals surface area contributed by atoms with E-state index in [0.29, 0.717) is 0 Å². The molecule has 0 aliphatic rings. The van der Waals surface area contributed by atoms with Crippen LogP contribution in [0.3, 0.4) is 0 Å². The van der Waals surface area contributed by atoms with Gasteiger partial charge in [0, 0.05) is 0 Å². The highest BCUT2D eigenvalue weighted by Crippen LogP contribution is 2.31. The summed E-state index contributed by atoms with van der Waals surface area (Å²) in [5.41, 5.74) is 10.1. The molecule has 0 N–H and O–H groups in total. The second-order valence-electron chi connectivity index (χ2n) is 9.54. The lowest BCUT2D eigenvalue weighted by Gasteiger charge is -2.12. The van der Waals surface area contributed by atoms with Crippen molar-refractivity contribution in [3.8, 4) is 11.1 Å². The fourth-order valence-electron chi connectivity index (χ4n) is 4.73. The van der Waals surface area contributed by atoms with Crippen molar-refractivity contribution in [3.05, 3.63) is 94.7 Å². The molecule has 0 aromatic heterocycles. The highest BCUT2D eigenvalue weighted by atomic mass is 15.1. The maximum atomic E-state index is 4.55. The first kappa shape index (κ1) is 26.6. The van der Waals surface area contributed by atoms with Crippen LogP contribution in [0.1, 0.15) is 87.1 Å². The minimum absolute atomic E-state index is 0.900. The summed E-state index contributed by atoms with van der Waals surface area (Å²) in [5, 5.41) is 8.97. The number of unbranched alkanes of at least 4 members (excludes halogenated alkanes) is 4. The zero-order valence-electron chi connectivity index (χ0n) is 22.2. The summed E-state index contributed by atoms with van der Waals surface area (Å²) in [5.74, 6) is 0. The van der Waals surface area contributed by atoms with E-state index in [2.05, 4.69) is 105 Å². The lowest BCUT2D eigenvalue weighted by Crippen LogP contribution is -1.92. The van der Waals surface area contributed by atoms with Crippen LogP contribution in [-0.4, -0.2) is 0 Å². The summed E-state index contributed by atoms with van der Waals surface area (Å²) in [6.07, 6.45) is 14.9. The zero-order chi connectivity index (χ0) is 24.9. The van der Waals surface area contributed by atoms with Gasteiger partial charge in [-0.15, -0.1) is 0 Å². The molecule has 0 aliphatic heterocycles. The van der Waals surface area contributed by atoms with Crippen molar-refractivity contribution in [2.24, 2.45) is 10.2 Å². The van der Waals surface area contributed by atoms with Gasteiger partial charge in [-0.05, 0) is 96.2 Å². The summed E-state index contributed by atoms with van der Waals surface area (Å²) < 4.78 is 0. The van der Waals surface area contributed by atoms with E-state index in [9.17, 15) is 0 Å². The maximum absolute atomic E-state index is 4.55. The first-order chi connectivity index (χ1) is 17.1. The molecular formula is C33H42N2. The van der Waals surface area contributed by atoms with Gasteiger partial charge in [-0.3, -0.25) is 0 Å². The van der Waals surface area contributed by atoms with Gasteiger partial charge in [0.2, 0.25) is 0 Å². The first-order valence-corrected chi connectivity index (χ1v) is 13.5. The minimum atomic E-state index is 0.900. The Labute approximate surface area is 213 Å². The number of azo groups is 1. The predicted molar refractivity (Wildman–Crippen MR) is 152 cm³/mol. The Kier molecular flexibility index (Phi) is 11.0. The van der Waals surface area contributed by atoms with E-state index < -0.39 is 0 Å². The van der Waals surface area contributed by atoms with Crippen molar-refractivity contribution in [3.63, 3.8) is 0 Å². The third-order valence-electron chi connectivity index (χ3n) is 6.62. The van der Waals surface area contributed by atoms with Gasteiger partial charge >= 0.3 is 0 Å². The Morgan fingerprint density at radius 1 is 0.743 bits per heavy atom. The lowest BCUT2D eigenvalue weighted by molar-refractivity contribution is 0.666. The Hall–Kier alpha value is -3.00. The summed E-state index contributed by atoms with van der Waals surface area (Å²) in [7, 11) is 0. The van der Waals surface area contributed by atoms with Crippen molar-refractivity contribution >= 4 is 11.8 Å². The largest absolute Gasteiger partial charge is 0.159 e. The van der Waals surface area contributed by atoms with Crippen molar-refractivity contribution < 1.29 is 0 Å². The van der Waals surface area contributed by atoms with Gasteiger partial charge < -0.3 is 0 Å². The van der Waals surface area contributed by atoms with E-state index in [1.54, 1.807) is 0 Å². The van der Waals surface area contributed by atoms with E-state index in [4.69, 9.17) is 0 Å². The highest BCUT2D eigenvalue weighted by molar-refractivity contribution is 5.72. The van der Waals surface area contributed by atoms with E-state index in [-0.39, 0.29) is 0 Å². The number of hydrogen-bond acceptors (Lipinski definition) is 2. The van der Waals surface area contributed by atoms with Crippen molar-refractivity contribution in [2.45, 2.75) is 85.5 Å². The average Bonchev–Trinajstić information content (AvgIpc) is 2.88. The molecule has 2 nitrogen and oxygen atoms in total. The van der Waals surface area contributed by atoms with Gasteiger partial charge in [0.25, 0.3) is 0 Å². The Balaban J connectivity index is 1.78. The molecule has 0 bridgehead atoms. The summed E-state index contributed by atoms with van der Waals surface area (Å²) in [6, 6.07) is 21.9. The predicted octanol–water partition coefficient (Wildman–Crippen LogP) is 10.4. The quantitative estimate of drug-likeness (QED) is 0.177. The van der Waals surface area contributed by atoms with E-state index in [1.165, 1.54) is 77.5 Å². The first-order valence-electron chi connectivity index (χ1n) is 13.5. The monoisotopic (exact) mass is 466 g/mol. The molecule has 0 atom stereocenters. The SMILES string of the molecule is CCCCCCc1cc(C=CN=Nc2cc(C)c(CC)c(-c3ccccc3)c2)cc(CCCC)c1. The van der Waals surface area contributed by atoms with Crippen LogP contribution in [-0.2, 0) is 19.3 Å². The van der Waals surface area contributed by atoms with Crippen molar-refractivity contribution in [1.29, 1.82) is 0 Å². The normalized spacial score (nSPS) is 11.7.